The van der Waals surface area contributed by atoms with Crippen LogP contribution in [-0.2, 0) is 10.8 Å². The molecule has 0 aromatic heterocycles. The van der Waals surface area contributed by atoms with Gasteiger partial charge in [-0.25, -0.2) is 0 Å². The second-order valence-corrected chi connectivity index (χ2v) is 17.6. The normalized spacial score (nSPS) is 14.5. The van der Waals surface area contributed by atoms with E-state index in [1.807, 2.05) is 0 Å². The molecule has 0 heterocycles. The third-order valence-electron chi connectivity index (χ3n) is 13.9. The highest BCUT2D eigenvalue weighted by Crippen LogP contribution is 2.55. The minimum Gasteiger partial charge on any atom is -0.0619 e. The molecule has 0 amide bonds. The van der Waals surface area contributed by atoms with Crippen molar-refractivity contribution in [3.05, 3.63) is 204 Å². The van der Waals surface area contributed by atoms with Gasteiger partial charge in [0.25, 0.3) is 0 Å². The molecule has 12 rings (SSSR count). The van der Waals surface area contributed by atoms with Crippen molar-refractivity contribution < 1.29 is 0 Å². The van der Waals surface area contributed by atoms with Crippen molar-refractivity contribution >= 4 is 43.1 Å². The average molecular weight is 739 g/mol. The summed E-state index contributed by atoms with van der Waals surface area (Å²) in [6.45, 7) is 9.62. The molecule has 0 atom stereocenters. The third kappa shape index (κ3) is 4.46. The van der Waals surface area contributed by atoms with E-state index in [1.165, 1.54) is 121 Å². The van der Waals surface area contributed by atoms with Crippen LogP contribution in [0.2, 0.25) is 0 Å². The van der Waals surface area contributed by atoms with Gasteiger partial charge in [0.2, 0.25) is 0 Å². The van der Waals surface area contributed by atoms with Gasteiger partial charge in [-0.15, -0.1) is 0 Å². The van der Waals surface area contributed by atoms with Crippen LogP contribution >= 0.6 is 0 Å². The first-order valence-electron chi connectivity index (χ1n) is 20.7. The Balaban J connectivity index is 1.03. The van der Waals surface area contributed by atoms with E-state index < -0.39 is 0 Å². The van der Waals surface area contributed by atoms with Gasteiger partial charge in [0.05, 0.1) is 0 Å². The second kappa shape index (κ2) is 11.9. The third-order valence-corrected chi connectivity index (χ3v) is 13.9. The maximum Gasteiger partial charge on any atom is 0.0159 e. The monoisotopic (exact) mass is 738 g/mol. The van der Waals surface area contributed by atoms with E-state index in [1.54, 1.807) is 0 Å². The molecule has 0 fully saturated rings. The van der Waals surface area contributed by atoms with Crippen LogP contribution in [0.1, 0.15) is 49.9 Å². The summed E-state index contributed by atoms with van der Waals surface area (Å²) in [5, 5.41) is 10.3. The Morgan fingerprint density at radius 3 is 1.40 bits per heavy atom. The van der Waals surface area contributed by atoms with E-state index in [2.05, 4.69) is 210 Å². The van der Waals surface area contributed by atoms with Crippen LogP contribution in [0.15, 0.2) is 182 Å². The molecule has 58 heavy (non-hydrogen) atoms. The number of fused-ring (bicyclic) bond motifs is 11. The number of rotatable bonds is 3. The summed E-state index contributed by atoms with van der Waals surface area (Å²) in [5.41, 5.74) is 18.6. The standard InChI is InChI=1S/C58H42/c1-57(2)50-27-14-13-25-48(50)56-43-20-8-7-19-39(43)49(34-53(56)57)36-28-30-40-41-31-29-37(33-52(41)58(3,4)51(40)32-36)54-44-21-9-11-23-46(44)55(47-24-12-10-22-45(47)54)42-26-15-17-35-16-5-6-18-38(35)42/h5-34H,1-4H3. The van der Waals surface area contributed by atoms with Crippen LogP contribution < -0.4 is 0 Å². The van der Waals surface area contributed by atoms with Gasteiger partial charge in [-0.1, -0.05) is 191 Å². The summed E-state index contributed by atoms with van der Waals surface area (Å²) in [7, 11) is 0. The fraction of sp³-hybridized carbons (Fsp3) is 0.103. The van der Waals surface area contributed by atoms with Crippen molar-refractivity contribution in [1.29, 1.82) is 0 Å². The molecule has 0 bridgehead atoms. The van der Waals surface area contributed by atoms with Gasteiger partial charge in [0, 0.05) is 10.8 Å². The lowest BCUT2D eigenvalue weighted by Crippen LogP contribution is -2.15. The Labute approximate surface area is 340 Å². The molecule has 274 valence electrons. The smallest absolute Gasteiger partial charge is 0.0159 e. The van der Waals surface area contributed by atoms with Crippen molar-refractivity contribution in [3.8, 4) is 55.6 Å². The van der Waals surface area contributed by atoms with E-state index in [9.17, 15) is 0 Å². The SMILES string of the molecule is CC1(C)c2cc(-c3cc4c(c5ccccc35)-c3ccccc3C4(C)C)ccc2-c2ccc(-c3c4ccccc4c(-c4cccc5ccccc45)c4ccccc34)cc21. The topological polar surface area (TPSA) is 0 Å². The highest BCUT2D eigenvalue weighted by atomic mass is 14.4. The van der Waals surface area contributed by atoms with Crippen molar-refractivity contribution in [2.45, 2.75) is 38.5 Å². The molecule has 0 N–H and O–H groups in total. The number of hydrogen-bond acceptors (Lipinski definition) is 0. The van der Waals surface area contributed by atoms with Crippen molar-refractivity contribution in [1.82, 2.24) is 0 Å². The predicted molar refractivity (Wildman–Crippen MR) is 248 cm³/mol. The zero-order chi connectivity index (χ0) is 38.9. The first-order chi connectivity index (χ1) is 28.3. The minimum atomic E-state index is -0.187. The van der Waals surface area contributed by atoms with E-state index in [0.29, 0.717) is 0 Å². The molecule has 2 aliphatic rings. The molecular weight excluding hydrogens is 697 g/mol. The summed E-state index contributed by atoms with van der Waals surface area (Å²) < 4.78 is 0. The lowest BCUT2D eigenvalue weighted by molar-refractivity contribution is 0.660. The van der Waals surface area contributed by atoms with E-state index in [0.717, 1.165) is 0 Å². The van der Waals surface area contributed by atoms with Gasteiger partial charge in [0.1, 0.15) is 0 Å². The first-order valence-corrected chi connectivity index (χ1v) is 20.7. The Hall–Kier alpha value is -6.76. The van der Waals surface area contributed by atoms with Crippen LogP contribution in [-0.4, -0.2) is 0 Å². The molecule has 0 aliphatic heterocycles. The van der Waals surface area contributed by atoms with Gasteiger partial charge in [-0.05, 0) is 139 Å². The molecular formula is C58H42. The van der Waals surface area contributed by atoms with Crippen LogP contribution in [0.5, 0.6) is 0 Å². The van der Waals surface area contributed by atoms with Crippen LogP contribution in [0.4, 0.5) is 0 Å². The zero-order valence-electron chi connectivity index (χ0n) is 33.3. The molecule has 10 aromatic carbocycles. The van der Waals surface area contributed by atoms with Crippen LogP contribution in [0, 0.1) is 0 Å². The van der Waals surface area contributed by atoms with Gasteiger partial charge in [-0.2, -0.15) is 0 Å². The Morgan fingerprint density at radius 2 is 0.724 bits per heavy atom. The summed E-state index contributed by atoms with van der Waals surface area (Å²) in [5.74, 6) is 0. The summed E-state index contributed by atoms with van der Waals surface area (Å²) >= 11 is 0. The minimum absolute atomic E-state index is 0.0746. The summed E-state index contributed by atoms with van der Waals surface area (Å²) in [4.78, 5) is 0. The largest absolute Gasteiger partial charge is 0.0619 e. The van der Waals surface area contributed by atoms with Crippen molar-refractivity contribution in [3.63, 3.8) is 0 Å². The fourth-order valence-electron chi connectivity index (χ4n) is 11.0. The molecule has 0 nitrogen and oxygen atoms in total. The highest BCUT2D eigenvalue weighted by molar-refractivity contribution is 6.23. The maximum atomic E-state index is 2.51. The molecule has 0 saturated heterocycles. The Bertz CT molecular complexity index is 3330. The second-order valence-electron chi connectivity index (χ2n) is 17.6. The van der Waals surface area contributed by atoms with E-state index >= 15 is 0 Å². The van der Waals surface area contributed by atoms with Crippen molar-refractivity contribution in [2.24, 2.45) is 0 Å². The average Bonchev–Trinajstić information content (AvgIpc) is 3.63. The summed E-state index contributed by atoms with van der Waals surface area (Å²) in [6.07, 6.45) is 0. The first kappa shape index (κ1) is 33.4. The van der Waals surface area contributed by atoms with Crippen molar-refractivity contribution in [2.75, 3.05) is 0 Å². The molecule has 0 saturated carbocycles. The van der Waals surface area contributed by atoms with Crippen LogP contribution in [0.25, 0.3) is 98.7 Å². The quantitative estimate of drug-likeness (QED) is 0.158. The predicted octanol–water partition coefficient (Wildman–Crippen LogP) is 15.9. The lowest BCUT2D eigenvalue weighted by atomic mass is 9.78. The van der Waals surface area contributed by atoms with E-state index in [-0.39, 0.29) is 10.8 Å². The maximum absolute atomic E-state index is 2.51. The number of hydrogen-bond donors (Lipinski definition) is 0. The van der Waals surface area contributed by atoms with Gasteiger partial charge in [0.15, 0.2) is 0 Å². The molecule has 0 radical (unpaired) electrons. The van der Waals surface area contributed by atoms with Gasteiger partial charge < -0.3 is 0 Å². The Kier molecular flexibility index (Phi) is 6.84. The van der Waals surface area contributed by atoms with Crippen LogP contribution in [0.3, 0.4) is 0 Å². The number of benzene rings is 10. The van der Waals surface area contributed by atoms with Gasteiger partial charge in [-0.3, -0.25) is 0 Å². The molecule has 0 heteroatoms. The van der Waals surface area contributed by atoms with E-state index in [4.69, 9.17) is 0 Å². The highest BCUT2D eigenvalue weighted by Gasteiger charge is 2.39. The summed E-state index contributed by atoms with van der Waals surface area (Å²) in [6, 6.07) is 68.6. The Morgan fingerprint density at radius 1 is 0.259 bits per heavy atom. The molecule has 10 aromatic rings. The molecule has 2 aliphatic carbocycles. The van der Waals surface area contributed by atoms with Gasteiger partial charge >= 0.3 is 0 Å². The molecule has 0 spiro atoms. The lowest BCUT2D eigenvalue weighted by Gasteiger charge is -2.24. The molecule has 0 unspecified atom stereocenters. The fourth-order valence-corrected chi connectivity index (χ4v) is 11.0. The zero-order valence-corrected chi connectivity index (χ0v) is 33.3.